The molecule has 2 N–H and O–H groups in total. The number of amides is 1. The lowest BCUT2D eigenvalue weighted by Crippen LogP contribution is -2.20. The van der Waals surface area contributed by atoms with Crippen LogP contribution in [0.3, 0.4) is 0 Å². The Bertz CT molecular complexity index is 1100. The Labute approximate surface area is 176 Å². The van der Waals surface area contributed by atoms with Gasteiger partial charge in [-0.15, -0.1) is 0 Å². The van der Waals surface area contributed by atoms with Crippen molar-refractivity contribution in [3.8, 4) is 5.75 Å². The van der Waals surface area contributed by atoms with Crippen LogP contribution in [0.2, 0.25) is 0 Å². The molecule has 0 spiro atoms. The fourth-order valence-electron chi connectivity index (χ4n) is 2.65. The second-order valence-corrected chi connectivity index (χ2v) is 8.59. The van der Waals surface area contributed by atoms with Gasteiger partial charge in [-0.2, -0.15) is 0 Å². The number of sulfonamides is 1. The summed E-state index contributed by atoms with van der Waals surface area (Å²) in [6.45, 7) is 4.02. The van der Waals surface area contributed by atoms with Gasteiger partial charge in [-0.3, -0.25) is 9.52 Å². The van der Waals surface area contributed by atoms with E-state index in [0.29, 0.717) is 17.4 Å². The van der Waals surface area contributed by atoms with E-state index in [1.165, 1.54) is 30.5 Å². The van der Waals surface area contributed by atoms with Crippen molar-refractivity contribution in [2.75, 3.05) is 16.6 Å². The van der Waals surface area contributed by atoms with Crippen molar-refractivity contribution in [1.82, 2.24) is 4.98 Å². The summed E-state index contributed by atoms with van der Waals surface area (Å²) in [4.78, 5) is 16.2. The molecule has 0 aliphatic heterocycles. The molecule has 0 saturated carbocycles. The highest BCUT2D eigenvalue weighted by atomic mass is 32.2. The first-order valence-electron chi connectivity index (χ1n) is 9.40. The van der Waals surface area contributed by atoms with E-state index in [1.807, 2.05) is 18.2 Å². The van der Waals surface area contributed by atoms with E-state index in [1.54, 1.807) is 24.3 Å². The molecule has 0 radical (unpaired) electrons. The minimum atomic E-state index is -3.77. The lowest BCUT2D eigenvalue weighted by molar-refractivity contribution is -0.118. The molecule has 156 valence electrons. The molecule has 30 heavy (non-hydrogen) atoms. The third kappa shape index (κ3) is 5.81. The zero-order valence-electron chi connectivity index (χ0n) is 16.7. The minimum Gasteiger partial charge on any atom is -0.484 e. The molecule has 8 heteroatoms. The van der Waals surface area contributed by atoms with Crippen LogP contribution in [0.25, 0.3) is 0 Å². The highest BCUT2D eigenvalue weighted by Crippen LogP contribution is 2.20. The molecule has 1 heterocycles. The number of anilines is 2. The maximum absolute atomic E-state index is 12.4. The predicted octanol–water partition coefficient (Wildman–Crippen LogP) is 4.02. The third-order valence-electron chi connectivity index (χ3n) is 4.25. The van der Waals surface area contributed by atoms with E-state index in [9.17, 15) is 13.2 Å². The Hall–Kier alpha value is -3.39. The fourth-order valence-corrected chi connectivity index (χ4v) is 3.65. The van der Waals surface area contributed by atoms with E-state index in [-0.39, 0.29) is 23.2 Å². The van der Waals surface area contributed by atoms with Crippen molar-refractivity contribution < 1.29 is 17.9 Å². The summed E-state index contributed by atoms with van der Waals surface area (Å²) in [7, 11) is -3.77. The third-order valence-corrected chi connectivity index (χ3v) is 5.62. The molecule has 0 bridgehead atoms. The average molecular weight is 426 g/mol. The average Bonchev–Trinajstić information content (AvgIpc) is 2.73. The number of rotatable bonds is 8. The maximum atomic E-state index is 12.4. The molecular weight excluding hydrogens is 402 g/mol. The zero-order chi connectivity index (χ0) is 21.6. The number of hydrogen-bond acceptors (Lipinski definition) is 5. The summed E-state index contributed by atoms with van der Waals surface area (Å²) in [5.74, 6) is 0.878. The Morgan fingerprint density at radius 2 is 1.80 bits per heavy atom. The van der Waals surface area contributed by atoms with Gasteiger partial charge in [-0.1, -0.05) is 32.0 Å². The van der Waals surface area contributed by atoms with Crippen LogP contribution >= 0.6 is 0 Å². The maximum Gasteiger partial charge on any atom is 0.263 e. The minimum absolute atomic E-state index is 0.0629. The molecule has 7 nitrogen and oxygen atoms in total. The molecule has 1 aromatic heterocycles. The van der Waals surface area contributed by atoms with Crippen molar-refractivity contribution in [2.45, 2.75) is 24.7 Å². The monoisotopic (exact) mass is 425 g/mol. The van der Waals surface area contributed by atoms with Gasteiger partial charge in [-0.05, 0) is 60.0 Å². The summed E-state index contributed by atoms with van der Waals surface area (Å²) < 4.78 is 32.8. The van der Waals surface area contributed by atoms with Crippen LogP contribution in [0.4, 0.5) is 11.5 Å². The Morgan fingerprint density at radius 3 is 2.47 bits per heavy atom. The molecule has 3 aromatic rings. The number of pyridine rings is 1. The highest BCUT2D eigenvalue weighted by molar-refractivity contribution is 7.92. The Balaban J connectivity index is 1.57. The summed E-state index contributed by atoms with van der Waals surface area (Å²) in [6, 6.07) is 18.4. The molecule has 1 amide bonds. The Kier molecular flexibility index (Phi) is 6.68. The van der Waals surface area contributed by atoms with E-state index in [4.69, 9.17) is 4.74 Å². The first-order valence-corrected chi connectivity index (χ1v) is 10.9. The van der Waals surface area contributed by atoms with Crippen molar-refractivity contribution in [3.05, 3.63) is 78.5 Å². The van der Waals surface area contributed by atoms with Crippen LogP contribution in [0.5, 0.6) is 5.75 Å². The van der Waals surface area contributed by atoms with Crippen LogP contribution in [-0.4, -0.2) is 25.9 Å². The van der Waals surface area contributed by atoms with Gasteiger partial charge in [0.2, 0.25) is 0 Å². The van der Waals surface area contributed by atoms with Gasteiger partial charge in [0.1, 0.15) is 11.6 Å². The summed E-state index contributed by atoms with van der Waals surface area (Å²) in [6.07, 6.45) is 1.50. The van der Waals surface area contributed by atoms with E-state index >= 15 is 0 Å². The predicted molar refractivity (Wildman–Crippen MR) is 116 cm³/mol. The van der Waals surface area contributed by atoms with Crippen molar-refractivity contribution in [1.29, 1.82) is 0 Å². The topological polar surface area (TPSA) is 97.4 Å². The Morgan fingerprint density at radius 1 is 1.03 bits per heavy atom. The number of nitrogens with one attached hydrogen (secondary N) is 2. The molecule has 0 aliphatic rings. The molecule has 0 atom stereocenters. The number of aromatic nitrogens is 1. The lowest BCUT2D eigenvalue weighted by atomic mass is 10.0. The normalized spacial score (nSPS) is 11.2. The molecule has 0 unspecified atom stereocenters. The van der Waals surface area contributed by atoms with Gasteiger partial charge in [0.05, 0.1) is 4.90 Å². The molecule has 0 saturated heterocycles. The smallest absolute Gasteiger partial charge is 0.263 e. The molecule has 0 aliphatic carbocycles. The van der Waals surface area contributed by atoms with E-state index in [0.717, 1.165) is 5.56 Å². The van der Waals surface area contributed by atoms with Crippen LogP contribution in [-0.2, 0) is 14.8 Å². The van der Waals surface area contributed by atoms with Gasteiger partial charge < -0.3 is 10.1 Å². The van der Waals surface area contributed by atoms with Crippen LogP contribution < -0.4 is 14.8 Å². The van der Waals surface area contributed by atoms with Gasteiger partial charge in [0.25, 0.3) is 15.9 Å². The van der Waals surface area contributed by atoms with Gasteiger partial charge >= 0.3 is 0 Å². The standard InChI is InChI=1S/C22H23N3O4S/c1-16(2)17-6-5-7-19(14-17)29-15-22(26)24-18-9-11-20(12-10-18)30(27,28)25-21-8-3-4-13-23-21/h3-14,16H,15H2,1-2H3,(H,23,25)(H,24,26). The SMILES string of the molecule is CC(C)c1cccc(OCC(=O)Nc2ccc(S(=O)(=O)Nc3ccccn3)cc2)c1. The fraction of sp³-hybridized carbons (Fsp3) is 0.182. The number of nitrogens with zero attached hydrogens (tertiary/aromatic N) is 1. The summed E-state index contributed by atoms with van der Waals surface area (Å²) >= 11 is 0. The lowest BCUT2D eigenvalue weighted by Gasteiger charge is -2.11. The number of carbonyl (C=O) groups excluding carboxylic acids is 1. The van der Waals surface area contributed by atoms with Crippen LogP contribution in [0, 0.1) is 0 Å². The van der Waals surface area contributed by atoms with Crippen LogP contribution in [0.15, 0.2) is 77.8 Å². The first kappa shape index (κ1) is 21.3. The van der Waals surface area contributed by atoms with Crippen LogP contribution in [0.1, 0.15) is 25.3 Å². The zero-order valence-corrected chi connectivity index (χ0v) is 17.5. The number of carbonyl (C=O) groups is 1. The first-order chi connectivity index (χ1) is 14.3. The van der Waals surface area contributed by atoms with Crippen molar-refractivity contribution in [2.24, 2.45) is 0 Å². The van der Waals surface area contributed by atoms with E-state index < -0.39 is 10.0 Å². The molecular formula is C22H23N3O4S. The summed E-state index contributed by atoms with van der Waals surface area (Å²) in [5, 5.41) is 2.69. The number of hydrogen-bond donors (Lipinski definition) is 2. The van der Waals surface area contributed by atoms with Gasteiger partial charge in [0.15, 0.2) is 6.61 Å². The highest BCUT2D eigenvalue weighted by Gasteiger charge is 2.15. The second kappa shape index (κ2) is 9.41. The van der Waals surface area contributed by atoms with Gasteiger partial charge in [0, 0.05) is 11.9 Å². The molecule has 2 aromatic carbocycles. The van der Waals surface area contributed by atoms with Crippen molar-refractivity contribution >= 4 is 27.4 Å². The second-order valence-electron chi connectivity index (χ2n) is 6.91. The van der Waals surface area contributed by atoms with E-state index in [2.05, 4.69) is 28.9 Å². The van der Waals surface area contributed by atoms with Gasteiger partial charge in [-0.25, -0.2) is 13.4 Å². The number of ether oxygens (including phenoxy) is 1. The molecule has 3 rings (SSSR count). The summed E-state index contributed by atoms with van der Waals surface area (Å²) in [5.41, 5.74) is 1.60. The van der Waals surface area contributed by atoms with Crippen molar-refractivity contribution in [3.63, 3.8) is 0 Å². The quantitative estimate of drug-likeness (QED) is 0.568. The largest absolute Gasteiger partial charge is 0.484 e. The molecule has 0 fully saturated rings. The number of benzene rings is 2.